The number of carbonyl (C=O) groups is 2. The molecule has 0 aliphatic heterocycles. The van der Waals surface area contributed by atoms with Crippen molar-refractivity contribution in [1.29, 1.82) is 0 Å². The molecule has 0 saturated heterocycles. The van der Waals surface area contributed by atoms with Crippen LogP contribution in [0.2, 0.25) is 0 Å². The molecule has 2 aromatic carbocycles. The number of amides is 2. The van der Waals surface area contributed by atoms with Crippen molar-refractivity contribution in [1.82, 2.24) is 5.32 Å². The standard InChI is InChI=1S/C18H19N3O4/c1-13(14-6-3-2-4-7-14)19-17(22)10-11-18(23)20-15-8-5-9-16(12-15)21(24)25/h2-9,12-13H,10-11H2,1H3,(H,19,22)(H,20,23). The van der Waals surface area contributed by atoms with E-state index in [1.807, 2.05) is 37.3 Å². The van der Waals surface area contributed by atoms with Gasteiger partial charge in [-0.05, 0) is 18.6 Å². The van der Waals surface area contributed by atoms with Gasteiger partial charge in [-0.25, -0.2) is 0 Å². The number of nitrogens with zero attached hydrogens (tertiary/aromatic N) is 1. The maximum Gasteiger partial charge on any atom is 0.271 e. The van der Waals surface area contributed by atoms with Crippen molar-refractivity contribution >= 4 is 23.2 Å². The largest absolute Gasteiger partial charge is 0.350 e. The van der Waals surface area contributed by atoms with Crippen molar-refractivity contribution in [3.05, 3.63) is 70.3 Å². The minimum atomic E-state index is -0.534. The highest BCUT2D eigenvalue weighted by Gasteiger charge is 2.12. The van der Waals surface area contributed by atoms with E-state index in [1.54, 1.807) is 6.07 Å². The molecule has 0 bridgehead atoms. The van der Waals surface area contributed by atoms with Gasteiger partial charge in [-0.2, -0.15) is 0 Å². The maximum atomic E-state index is 11.9. The molecule has 2 amide bonds. The summed E-state index contributed by atoms with van der Waals surface area (Å²) in [5.41, 5.74) is 1.21. The highest BCUT2D eigenvalue weighted by atomic mass is 16.6. The summed E-state index contributed by atoms with van der Waals surface area (Å²) in [5, 5.41) is 16.1. The fraction of sp³-hybridized carbons (Fsp3) is 0.222. The molecule has 7 heteroatoms. The van der Waals surface area contributed by atoms with Crippen LogP contribution in [0.1, 0.15) is 31.4 Å². The number of anilines is 1. The molecule has 0 aliphatic rings. The predicted molar refractivity (Wildman–Crippen MR) is 94.0 cm³/mol. The van der Waals surface area contributed by atoms with E-state index in [9.17, 15) is 19.7 Å². The smallest absolute Gasteiger partial charge is 0.271 e. The van der Waals surface area contributed by atoms with Crippen LogP contribution in [-0.4, -0.2) is 16.7 Å². The fourth-order valence-corrected chi connectivity index (χ4v) is 2.29. The molecule has 25 heavy (non-hydrogen) atoms. The average Bonchev–Trinajstić information content (AvgIpc) is 2.61. The molecule has 0 spiro atoms. The monoisotopic (exact) mass is 341 g/mol. The summed E-state index contributed by atoms with van der Waals surface area (Å²) in [4.78, 5) is 34.0. The summed E-state index contributed by atoms with van der Waals surface area (Å²) in [5.74, 6) is -0.603. The van der Waals surface area contributed by atoms with Crippen LogP contribution < -0.4 is 10.6 Å². The van der Waals surface area contributed by atoms with Crippen molar-refractivity contribution in [2.24, 2.45) is 0 Å². The van der Waals surface area contributed by atoms with Crippen molar-refractivity contribution in [3.63, 3.8) is 0 Å². The summed E-state index contributed by atoms with van der Waals surface area (Å²) in [6.07, 6.45) is 0.0357. The summed E-state index contributed by atoms with van der Waals surface area (Å²) in [6, 6.07) is 15.0. The van der Waals surface area contributed by atoms with E-state index in [0.717, 1.165) is 5.56 Å². The van der Waals surface area contributed by atoms with Gasteiger partial charge < -0.3 is 10.6 Å². The molecule has 0 aliphatic carbocycles. The molecular weight excluding hydrogens is 322 g/mol. The molecule has 1 unspecified atom stereocenters. The van der Waals surface area contributed by atoms with Gasteiger partial charge in [0.1, 0.15) is 0 Å². The summed E-state index contributed by atoms with van der Waals surface area (Å²) >= 11 is 0. The van der Waals surface area contributed by atoms with Crippen LogP contribution in [0.25, 0.3) is 0 Å². The Balaban J connectivity index is 1.80. The zero-order valence-electron chi connectivity index (χ0n) is 13.8. The van der Waals surface area contributed by atoms with E-state index in [0.29, 0.717) is 5.69 Å². The van der Waals surface area contributed by atoms with Gasteiger partial charge in [0.05, 0.1) is 11.0 Å². The van der Waals surface area contributed by atoms with E-state index in [4.69, 9.17) is 0 Å². The quantitative estimate of drug-likeness (QED) is 0.596. The van der Waals surface area contributed by atoms with E-state index in [1.165, 1.54) is 18.2 Å². The van der Waals surface area contributed by atoms with Gasteiger partial charge in [-0.15, -0.1) is 0 Å². The van der Waals surface area contributed by atoms with Crippen molar-refractivity contribution < 1.29 is 14.5 Å². The van der Waals surface area contributed by atoms with Crippen LogP contribution in [0.3, 0.4) is 0 Å². The molecule has 0 heterocycles. The molecule has 0 radical (unpaired) electrons. The first-order valence-electron chi connectivity index (χ1n) is 7.84. The zero-order chi connectivity index (χ0) is 18.2. The number of nitrogens with one attached hydrogen (secondary N) is 2. The van der Waals surface area contributed by atoms with Crippen LogP contribution in [0, 0.1) is 10.1 Å². The normalized spacial score (nSPS) is 11.4. The molecule has 0 aromatic heterocycles. The molecule has 2 N–H and O–H groups in total. The number of rotatable bonds is 7. The summed E-state index contributed by atoms with van der Waals surface area (Å²) in [7, 11) is 0. The molecule has 2 aromatic rings. The number of hydrogen-bond acceptors (Lipinski definition) is 4. The summed E-state index contributed by atoms with van der Waals surface area (Å²) < 4.78 is 0. The Morgan fingerprint density at radius 3 is 2.40 bits per heavy atom. The molecular formula is C18H19N3O4. The van der Waals surface area contributed by atoms with E-state index < -0.39 is 4.92 Å². The fourth-order valence-electron chi connectivity index (χ4n) is 2.29. The molecule has 0 saturated carbocycles. The SMILES string of the molecule is CC(NC(=O)CCC(=O)Nc1cccc([N+](=O)[O-])c1)c1ccccc1. The highest BCUT2D eigenvalue weighted by molar-refractivity contribution is 5.93. The van der Waals surface area contributed by atoms with Gasteiger partial charge in [0.2, 0.25) is 11.8 Å². The van der Waals surface area contributed by atoms with Crippen LogP contribution in [0.5, 0.6) is 0 Å². The lowest BCUT2D eigenvalue weighted by atomic mass is 10.1. The lowest BCUT2D eigenvalue weighted by Crippen LogP contribution is -2.27. The van der Waals surface area contributed by atoms with E-state index in [-0.39, 0.29) is 36.4 Å². The third kappa shape index (κ3) is 5.72. The minimum Gasteiger partial charge on any atom is -0.350 e. The van der Waals surface area contributed by atoms with Crippen LogP contribution >= 0.6 is 0 Å². The van der Waals surface area contributed by atoms with E-state index >= 15 is 0 Å². The van der Waals surface area contributed by atoms with Crippen LogP contribution in [-0.2, 0) is 9.59 Å². The summed E-state index contributed by atoms with van der Waals surface area (Å²) in [6.45, 7) is 1.87. The third-order valence-electron chi connectivity index (χ3n) is 3.60. The van der Waals surface area contributed by atoms with Crippen LogP contribution in [0.15, 0.2) is 54.6 Å². The second-order valence-electron chi connectivity index (χ2n) is 5.56. The predicted octanol–water partition coefficient (Wildman–Crippen LogP) is 3.19. The number of benzene rings is 2. The van der Waals surface area contributed by atoms with Gasteiger partial charge in [0.15, 0.2) is 0 Å². The lowest BCUT2D eigenvalue weighted by Gasteiger charge is -2.14. The Morgan fingerprint density at radius 1 is 1.04 bits per heavy atom. The molecule has 7 nitrogen and oxygen atoms in total. The van der Waals surface area contributed by atoms with Gasteiger partial charge in [0, 0.05) is 30.7 Å². The number of hydrogen-bond donors (Lipinski definition) is 2. The number of non-ortho nitro benzene ring substituents is 1. The third-order valence-corrected chi connectivity index (χ3v) is 3.60. The first-order valence-corrected chi connectivity index (χ1v) is 7.84. The Bertz CT molecular complexity index is 762. The molecule has 130 valence electrons. The zero-order valence-corrected chi connectivity index (χ0v) is 13.8. The Hall–Kier alpha value is -3.22. The Morgan fingerprint density at radius 2 is 1.72 bits per heavy atom. The average molecular weight is 341 g/mol. The van der Waals surface area contributed by atoms with Gasteiger partial charge in [-0.3, -0.25) is 19.7 Å². The van der Waals surface area contributed by atoms with Crippen molar-refractivity contribution in [2.45, 2.75) is 25.8 Å². The second kappa shape index (κ2) is 8.58. The first-order chi connectivity index (χ1) is 12.0. The molecule has 0 fully saturated rings. The second-order valence-corrected chi connectivity index (χ2v) is 5.56. The Kier molecular flexibility index (Phi) is 6.22. The number of carbonyl (C=O) groups excluding carboxylic acids is 2. The minimum absolute atomic E-state index is 0.00393. The molecule has 2 rings (SSSR count). The lowest BCUT2D eigenvalue weighted by molar-refractivity contribution is -0.384. The number of nitro groups is 1. The highest BCUT2D eigenvalue weighted by Crippen LogP contribution is 2.17. The van der Waals surface area contributed by atoms with Crippen molar-refractivity contribution in [2.75, 3.05) is 5.32 Å². The topological polar surface area (TPSA) is 101 Å². The van der Waals surface area contributed by atoms with Crippen LogP contribution in [0.4, 0.5) is 11.4 Å². The van der Waals surface area contributed by atoms with Gasteiger partial charge in [0.25, 0.3) is 5.69 Å². The maximum absolute atomic E-state index is 11.9. The van der Waals surface area contributed by atoms with E-state index in [2.05, 4.69) is 10.6 Å². The first kappa shape index (κ1) is 18.1. The van der Waals surface area contributed by atoms with Gasteiger partial charge >= 0.3 is 0 Å². The van der Waals surface area contributed by atoms with Crippen molar-refractivity contribution in [3.8, 4) is 0 Å². The van der Waals surface area contributed by atoms with Gasteiger partial charge in [-0.1, -0.05) is 36.4 Å². The molecule has 1 atom stereocenters. The number of nitro benzene ring substituents is 1. The Labute approximate surface area is 145 Å².